The number of hydrogen-bond acceptors (Lipinski definition) is 2. The van der Waals surface area contributed by atoms with E-state index in [1.807, 2.05) is 36.4 Å². The van der Waals surface area contributed by atoms with Gasteiger partial charge in [-0.1, -0.05) is 109 Å². The van der Waals surface area contributed by atoms with Crippen LogP contribution in [0.4, 0.5) is 0 Å². The Morgan fingerprint density at radius 1 is 0.400 bits per heavy atom. The minimum atomic E-state index is -1.44. The summed E-state index contributed by atoms with van der Waals surface area (Å²) in [6, 6.07) is 44.4. The molecule has 0 saturated carbocycles. The Bertz CT molecular complexity index is 1850. The van der Waals surface area contributed by atoms with Crippen molar-refractivity contribution in [3.05, 3.63) is 127 Å². The molecule has 7 aromatic rings. The van der Waals surface area contributed by atoms with E-state index in [9.17, 15) is 0 Å². The van der Waals surface area contributed by atoms with Crippen molar-refractivity contribution in [3.63, 3.8) is 0 Å². The lowest BCUT2D eigenvalue weighted by Crippen LogP contribution is -1.86. The van der Waals surface area contributed by atoms with Crippen molar-refractivity contribution in [2.75, 3.05) is 0 Å². The lowest BCUT2D eigenvalue weighted by atomic mass is 9.94. The second-order valence-corrected chi connectivity index (χ2v) is 10.0. The summed E-state index contributed by atoms with van der Waals surface area (Å²) < 4.78 is 13.4. The normalized spacial score (nSPS) is 11.4. The molecule has 0 spiro atoms. The number of benzene rings is 6. The van der Waals surface area contributed by atoms with E-state index in [-0.39, 0.29) is 0 Å². The molecule has 0 fully saturated rings. The van der Waals surface area contributed by atoms with Crippen molar-refractivity contribution < 1.29 is 8.39 Å². The van der Waals surface area contributed by atoms with Gasteiger partial charge in [-0.05, 0) is 45.3 Å². The lowest BCUT2D eigenvalue weighted by Gasteiger charge is -2.14. The summed E-state index contributed by atoms with van der Waals surface area (Å²) in [5.41, 5.74) is 4.06. The van der Waals surface area contributed by atoms with Crippen LogP contribution in [-0.4, -0.2) is 0 Å². The molecule has 0 aliphatic rings. The van der Waals surface area contributed by atoms with Gasteiger partial charge in [0.05, 0.1) is 5.30 Å². The summed E-state index contributed by atoms with van der Waals surface area (Å²) >= 11 is 0. The van der Waals surface area contributed by atoms with Crippen molar-refractivity contribution in [1.82, 2.24) is 0 Å². The van der Waals surface area contributed by atoms with E-state index in [2.05, 4.69) is 91.0 Å². The highest BCUT2D eigenvalue weighted by Gasteiger charge is 2.18. The maximum absolute atomic E-state index is 6.69. The summed E-state index contributed by atoms with van der Waals surface area (Å²) in [5.74, 6) is 0. The molecular weight excluding hydrogens is 447 g/mol. The van der Waals surface area contributed by atoms with Gasteiger partial charge < -0.3 is 8.39 Å². The van der Waals surface area contributed by atoms with Gasteiger partial charge in [0, 0.05) is 16.3 Å². The second kappa shape index (κ2) is 8.20. The first-order valence-electron chi connectivity index (χ1n) is 11.7. The van der Waals surface area contributed by atoms with Gasteiger partial charge in [0.1, 0.15) is 11.2 Å². The van der Waals surface area contributed by atoms with Crippen LogP contribution >= 0.6 is 8.01 Å². The number of para-hydroxylation sites is 2. The standard InChI is InChI=1S/C32H21O2P/c1-3-13-24-22(10-1)12-9-17-28(24)32-25-14-4-2-11-23(25)20-21-31(32)35-33-29-18-7-5-15-26(29)27-16-6-8-19-30(27)34-35/h1-21H. The van der Waals surface area contributed by atoms with Crippen molar-refractivity contribution in [2.45, 2.75) is 0 Å². The Labute approximate surface area is 203 Å². The quantitative estimate of drug-likeness (QED) is 0.252. The highest BCUT2D eigenvalue weighted by atomic mass is 31.1. The maximum atomic E-state index is 6.69. The molecule has 0 unspecified atom stereocenters. The van der Waals surface area contributed by atoms with Gasteiger partial charge in [-0.15, -0.1) is 0 Å². The molecule has 0 aliphatic carbocycles. The van der Waals surface area contributed by atoms with Crippen molar-refractivity contribution >= 4 is 51.5 Å². The zero-order valence-electron chi connectivity index (χ0n) is 18.9. The van der Waals surface area contributed by atoms with Gasteiger partial charge >= 0.3 is 0 Å². The third kappa shape index (κ3) is 3.34. The van der Waals surface area contributed by atoms with E-state index in [1.165, 1.54) is 32.7 Å². The van der Waals surface area contributed by atoms with Crippen LogP contribution in [-0.2, 0) is 0 Å². The molecule has 0 N–H and O–H groups in total. The third-order valence-corrected chi connectivity index (χ3v) is 8.08. The van der Waals surface area contributed by atoms with Crippen molar-refractivity contribution in [1.29, 1.82) is 0 Å². The van der Waals surface area contributed by atoms with Gasteiger partial charge in [0.15, 0.2) is 0 Å². The van der Waals surface area contributed by atoms with Crippen molar-refractivity contribution in [2.24, 2.45) is 0 Å². The van der Waals surface area contributed by atoms with Gasteiger partial charge in [-0.3, -0.25) is 0 Å². The molecule has 0 saturated heterocycles. The van der Waals surface area contributed by atoms with Crippen molar-refractivity contribution in [3.8, 4) is 16.4 Å². The van der Waals surface area contributed by atoms with Crippen LogP contribution in [0.15, 0.2) is 136 Å². The average molecular weight is 468 g/mol. The molecule has 166 valence electrons. The molecule has 2 nitrogen and oxygen atoms in total. The van der Waals surface area contributed by atoms with E-state index in [0.29, 0.717) is 0 Å². The molecule has 0 amide bonds. The van der Waals surface area contributed by atoms with Crippen LogP contribution in [0.5, 0.6) is 0 Å². The van der Waals surface area contributed by atoms with Gasteiger partial charge in [-0.2, -0.15) is 0 Å². The number of fused-ring (bicyclic) bond motifs is 5. The first-order chi connectivity index (χ1) is 17.4. The first kappa shape index (κ1) is 20.1. The number of rotatable bonds is 2. The minimum absolute atomic E-state index is 0.848. The summed E-state index contributed by atoms with van der Waals surface area (Å²) in [4.78, 5) is 0. The maximum Gasteiger partial charge on any atom is 0.253 e. The molecule has 0 atom stereocenters. The molecule has 6 aromatic carbocycles. The van der Waals surface area contributed by atoms with Gasteiger partial charge in [-0.25, -0.2) is 0 Å². The Morgan fingerprint density at radius 3 is 1.60 bits per heavy atom. The topological polar surface area (TPSA) is 26.3 Å². The fourth-order valence-corrected chi connectivity index (χ4v) is 6.50. The fraction of sp³-hybridized carbons (Fsp3) is 0. The van der Waals surface area contributed by atoms with E-state index in [0.717, 1.165) is 27.2 Å². The molecule has 0 bridgehead atoms. The molecule has 0 aliphatic heterocycles. The van der Waals surface area contributed by atoms with E-state index >= 15 is 0 Å². The summed E-state index contributed by atoms with van der Waals surface area (Å²) in [7, 11) is -1.44. The van der Waals surface area contributed by atoms with E-state index < -0.39 is 8.01 Å². The van der Waals surface area contributed by atoms with Gasteiger partial charge in [0.25, 0.3) is 8.01 Å². The Balaban J connectivity index is 1.66. The van der Waals surface area contributed by atoms with Crippen LogP contribution in [0, 0.1) is 0 Å². The monoisotopic (exact) mass is 468 g/mol. The SMILES string of the molecule is c1ccc2c(-c3c(-p4oc5ccccc5c5ccccc5o4)ccc4ccccc34)cccc2c1. The smallest absolute Gasteiger partial charge is 0.253 e. The van der Waals surface area contributed by atoms with Crippen LogP contribution in [0.25, 0.3) is 59.9 Å². The second-order valence-electron chi connectivity index (χ2n) is 8.64. The van der Waals surface area contributed by atoms with Crippen LogP contribution < -0.4 is 0 Å². The minimum Gasteiger partial charge on any atom is -0.416 e. The van der Waals surface area contributed by atoms with Crippen LogP contribution in [0.1, 0.15) is 0 Å². The van der Waals surface area contributed by atoms with Gasteiger partial charge in [0.2, 0.25) is 0 Å². The molecule has 35 heavy (non-hydrogen) atoms. The van der Waals surface area contributed by atoms with Crippen LogP contribution in [0.2, 0.25) is 0 Å². The van der Waals surface area contributed by atoms with E-state index in [4.69, 9.17) is 8.39 Å². The summed E-state index contributed by atoms with van der Waals surface area (Å²) in [6.45, 7) is 0. The average Bonchev–Trinajstić information content (AvgIpc) is 3.09. The Kier molecular flexibility index (Phi) is 4.72. The number of hydrogen-bond donors (Lipinski definition) is 0. The largest absolute Gasteiger partial charge is 0.416 e. The molecule has 1 heterocycles. The Morgan fingerprint density at radius 2 is 0.914 bits per heavy atom. The summed E-state index contributed by atoms with van der Waals surface area (Å²) in [5, 5.41) is 8.02. The Hall–Kier alpha value is -4.26. The molecular formula is C32H21O2P. The van der Waals surface area contributed by atoms with E-state index in [1.54, 1.807) is 0 Å². The molecule has 1 aromatic heterocycles. The summed E-state index contributed by atoms with van der Waals surface area (Å²) in [6.07, 6.45) is 0. The zero-order valence-corrected chi connectivity index (χ0v) is 19.8. The first-order valence-corrected chi connectivity index (χ1v) is 12.9. The third-order valence-electron chi connectivity index (χ3n) is 6.59. The molecule has 3 heteroatoms. The van der Waals surface area contributed by atoms with Crippen LogP contribution in [0.3, 0.4) is 0 Å². The molecule has 0 radical (unpaired) electrons. The predicted molar refractivity (Wildman–Crippen MR) is 148 cm³/mol. The fourth-order valence-electron chi connectivity index (χ4n) is 4.97. The zero-order chi connectivity index (χ0) is 23.2. The highest BCUT2D eigenvalue weighted by molar-refractivity contribution is 7.46. The molecule has 7 rings (SSSR count). The predicted octanol–water partition coefficient (Wildman–Crippen LogP) is 10.3. The lowest BCUT2D eigenvalue weighted by molar-refractivity contribution is 0.651. The highest BCUT2D eigenvalue weighted by Crippen LogP contribution is 2.50.